The zero-order chi connectivity index (χ0) is 17.2. The molecule has 6 heteroatoms. The van der Waals surface area contributed by atoms with Crippen molar-refractivity contribution in [2.24, 2.45) is 0 Å². The number of H-pyrrole nitrogens is 1. The summed E-state index contributed by atoms with van der Waals surface area (Å²) in [7, 11) is 0. The minimum absolute atomic E-state index is 0.737. The van der Waals surface area contributed by atoms with Crippen molar-refractivity contribution < 1.29 is 0 Å². The number of nitrogens with one attached hydrogen (secondary N) is 1. The summed E-state index contributed by atoms with van der Waals surface area (Å²) in [5, 5.41) is 9.71. The van der Waals surface area contributed by atoms with Gasteiger partial charge in [-0.3, -0.25) is 0 Å². The van der Waals surface area contributed by atoms with Crippen LogP contribution in [-0.4, -0.2) is 24.7 Å². The molecule has 4 rings (SSSR count). The van der Waals surface area contributed by atoms with E-state index in [2.05, 4.69) is 62.8 Å². The van der Waals surface area contributed by atoms with Gasteiger partial charge in [-0.15, -0.1) is 10.2 Å². The van der Waals surface area contributed by atoms with E-state index in [4.69, 9.17) is 0 Å². The molecule has 2 aromatic heterocycles. The normalized spacial score (nSPS) is 11.3. The van der Waals surface area contributed by atoms with Crippen LogP contribution >= 0.6 is 11.8 Å². The van der Waals surface area contributed by atoms with Crippen molar-refractivity contribution >= 4 is 22.8 Å². The van der Waals surface area contributed by atoms with E-state index in [1.807, 2.05) is 24.3 Å². The molecule has 0 aliphatic heterocycles. The first-order valence-corrected chi connectivity index (χ1v) is 9.30. The van der Waals surface area contributed by atoms with E-state index in [0.717, 1.165) is 45.7 Å². The van der Waals surface area contributed by atoms with Gasteiger partial charge in [0.25, 0.3) is 0 Å². The molecule has 4 aromatic rings. The Morgan fingerprint density at radius 2 is 1.84 bits per heavy atom. The number of imidazole rings is 1. The van der Waals surface area contributed by atoms with Crippen LogP contribution in [-0.2, 0) is 12.3 Å². The van der Waals surface area contributed by atoms with Gasteiger partial charge < -0.3 is 9.55 Å². The van der Waals surface area contributed by atoms with Gasteiger partial charge in [0.1, 0.15) is 5.82 Å². The molecular weight excluding hydrogens is 330 g/mol. The molecule has 0 fully saturated rings. The smallest absolute Gasteiger partial charge is 0.191 e. The molecule has 0 saturated heterocycles. The molecule has 0 aliphatic rings. The predicted octanol–water partition coefficient (Wildman–Crippen LogP) is 4.44. The number of thioether (sulfide) groups is 1. The van der Waals surface area contributed by atoms with Crippen molar-refractivity contribution in [2.75, 3.05) is 0 Å². The Hall–Kier alpha value is -2.60. The maximum Gasteiger partial charge on any atom is 0.191 e. The Morgan fingerprint density at radius 1 is 1.04 bits per heavy atom. The van der Waals surface area contributed by atoms with Crippen LogP contribution in [0.25, 0.3) is 22.4 Å². The van der Waals surface area contributed by atoms with Crippen LogP contribution < -0.4 is 0 Å². The summed E-state index contributed by atoms with van der Waals surface area (Å²) in [4.78, 5) is 7.98. The second-order valence-corrected chi connectivity index (χ2v) is 6.85. The van der Waals surface area contributed by atoms with Crippen molar-refractivity contribution in [1.29, 1.82) is 0 Å². The molecule has 0 spiro atoms. The zero-order valence-corrected chi connectivity index (χ0v) is 15.0. The number of rotatable bonds is 5. The number of hydrogen-bond acceptors (Lipinski definition) is 4. The summed E-state index contributed by atoms with van der Waals surface area (Å²) >= 11 is 1.65. The van der Waals surface area contributed by atoms with Gasteiger partial charge in [-0.25, -0.2) is 4.98 Å². The minimum atomic E-state index is 0.737. The van der Waals surface area contributed by atoms with E-state index in [1.165, 1.54) is 5.56 Å². The molecule has 2 aromatic carbocycles. The molecule has 0 bridgehead atoms. The maximum absolute atomic E-state index is 4.62. The second-order valence-electron chi connectivity index (χ2n) is 5.91. The highest BCUT2D eigenvalue weighted by Crippen LogP contribution is 2.26. The predicted molar refractivity (Wildman–Crippen MR) is 102 cm³/mol. The molecule has 0 radical (unpaired) electrons. The third-order valence-electron chi connectivity index (χ3n) is 4.12. The summed E-state index contributed by atoms with van der Waals surface area (Å²) in [6.45, 7) is 5.04. The fourth-order valence-electron chi connectivity index (χ4n) is 2.80. The van der Waals surface area contributed by atoms with Crippen LogP contribution in [0.15, 0.2) is 53.7 Å². The Bertz CT molecular complexity index is 967. The topological polar surface area (TPSA) is 59.4 Å². The van der Waals surface area contributed by atoms with E-state index in [-0.39, 0.29) is 0 Å². The first-order valence-electron chi connectivity index (χ1n) is 8.31. The van der Waals surface area contributed by atoms with E-state index >= 15 is 0 Å². The van der Waals surface area contributed by atoms with Gasteiger partial charge in [-0.2, -0.15) is 0 Å². The highest BCUT2D eigenvalue weighted by atomic mass is 32.2. The maximum atomic E-state index is 4.62. The highest BCUT2D eigenvalue weighted by Gasteiger charge is 2.14. The Kier molecular flexibility index (Phi) is 4.28. The summed E-state index contributed by atoms with van der Waals surface area (Å²) in [6, 6.07) is 16.5. The lowest BCUT2D eigenvalue weighted by Crippen LogP contribution is -2.00. The molecule has 0 atom stereocenters. The van der Waals surface area contributed by atoms with Crippen LogP contribution in [0.3, 0.4) is 0 Å². The number of aromatic nitrogens is 5. The molecule has 0 amide bonds. The number of fused-ring (bicyclic) bond motifs is 1. The van der Waals surface area contributed by atoms with Gasteiger partial charge in [0.05, 0.1) is 16.8 Å². The van der Waals surface area contributed by atoms with Crippen LogP contribution in [0.2, 0.25) is 0 Å². The fourth-order valence-corrected chi connectivity index (χ4v) is 3.68. The first-order chi connectivity index (χ1) is 12.2. The van der Waals surface area contributed by atoms with Crippen LogP contribution in [0.1, 0.15) is 18.3 Å². The molecule has 1 N–H and O–H groups in total. The molecule has 126 valence electrons. The number of aryl methyl sites for hydroxylation is 1. The van der Waals surface area contributed by atoms with Crippen molar-refractivity contribution in [3.63, 3.8) is 0 Å². The SMILES string of the molecule is CCn1c(SCc2nc3ccccc3[nH]2)nnc1-c1ccc(C)cc1. The highest BCUT2D eigenvalue weighted by molar-refractivity contribution is 7.98. The number of benzene rings is 2. The zero-order valence-electron chi connectivity index (χ0n) is 14.2. The third-order valence-corrected chi connectivity index (χ3v) is 5.10. The molecule has 5 nitrogen and oxygen atoms in total. The quantitative estimate of drug-likeness (QED) is 0.541. The summed E-state index contributed by atoms with van der Waals surface area (Å²) < 4.78 is 2.15. The van der Waals surface area contributed by atoms with Gasteiger partial charge >= 0.3 is 0 Å². The van der Waals surface area contributed by atoms with Crippen LogP contribution in [0, 0.1) is 6.92 Å². The van der Waals surface area contributed by atoms with E-state index in [0.29, 0.717) is 0 Å². The average molecular weight is 349 g/mol. The summed E-state index contributed by atoms with van der Waals surface area (Å²) in [5.41, 5.74) is 4.40. The monoisotopic (exact) mass is 349 g/mol. The lowest BCUT2D eigenvalue weighted by atomic mass is 10.1. The Morgan fingerprint density at radius 3 is 2.60 bits per heavy atom. The number of hydrogen-bond donors (Lipinski definition) is 1. The first kappa shape index (κ1) is 15.9. The van der Waals surface area contributed by atoms with Gasteiger partial charge in [-0.1, -0.05) is 53.7 Å². The Labute approximate surface area is 150 Å². The second kappa shape index (κ2) is 6.72. The van der Waals surface area contributed by atoms with Crippen LogP contribution in [0.4, 0.5) is 0 Å². The third kappa shape index (κ3) is 3.17. The minimum Gasteiger partial charge on any atom is -0.341 e. The average Bonchev–Trinajstić information content (AvgIpc) is 3.23. The molecule has 0 aliphatic carbocycles. The number of nitrogens with zero attached hydrogens (tertiary/aromatic N) is 4. The van der Waals surface area contributed by atoms with E-state index in [9.17, 15) is 0 Å². The van der Waals surface area contributed by atoms with Crippen LogP contribution in [0.5, 0.6) is 0 Å². The molecular formula is C19H19N5S. The largest absolute Gasteiger partial charge is 0.341 e. The van der Waals surface area contributed by atoms with Crippen molar-refractivity contribution in [3.8, 4) is 11.4 Å². The number of para-hydroxylation sites is 2. The molecule has 25 heavy (non-hydrogen) atoms. The van der Waals surface area contributed by atoms with Crippen molar-refractivity contribution in [1.82, 2.24) is 24.7 Å². The summed E-state index contributed by atoms with van der Waals surface area (Å²) in [6.07, 6.45) is 0. The van der Waals surface area contributed by atoms with Gasteiger partial charge in [0.2, 0.25) is 0 Å². The van der Waals surface area contributed by atoms with E-state index in [1.54, 1.807) is 11.8 Å². The van der Waals surface area contributed by atoms with Crippen molar-refractivity contribution in [3.05, 3.63) is 59.9 Å². The van der Waals surface area contributed by atoms with Gasteiger partial charge in [0.15, 0.2) is 11.0 Å². The summed E-state index contributed by atoms with van der Waals surface area (Å²) in [5.74, 6) is 2.60. The lowest BCUT2D eigenvalue weighted by Gasteiger charge is -2.07. The fraction of sp³-hybridized carbons (Fsp3) is 0.211. The van der Waals surface area contributed by atoms with E-state index < -0.39 is 0 Å². The Balaban J connectivity index is 1.57. The number of aromatic amines is 1. The van der Waals surface area contributed by atoms with Gasteiger partial charge in [-0.05, 0) is 26.0 Å². The molecule has 0 unspecified atom stereocenters. The van der Waals surface area contributed by atoms with Gasteiger partial charge in [0, 0.05) is 12.1 Å². The molecule has 2 heterocycles. The standard InChI is InChI=1S/C19H19N5S/c1-3-24-18(14-10-8-13(2)9-11-14)22-23-19(24)25-12-17-20-15-6-4-5-7-16(15)21-17/h4-11H,3,12H2,1-2H3,(H,20,21). The van der Waals surface area contributed by atoms with Crippen molar-refractivity contribution in [2.45, 2.75) is 31.3 Å². The molecule has 0 saturated carbocycles. The lowest BCUT2D eigenvalue weighted by molar-refractivity contribution is 0.687.